The van der Waals surface area contributed by atoms with E-state index < -0.39 is 24.2 Å². The second kappa shape index (κ2) is 7.53. The van der Waals surface area contributed by atoms with Gasteiger partial charge in [0.25, 0.3) is 0 Å². The molecule has 1 saturated heterocycles. The van der Waals surface area contributed by atoms with Crippen molar-refractivity contribution in [3.63, 3.8) is 0 Å². The van der Waals surface area contributed by atoms with Gasteiger partial charge in [0.05, 0.1) is 13.2 Å². The molecule has 0 aromatic heterocycles. The predicted molar refractivity (Wildman–Crippen MR) is 67.2 cm³/mol. The number of piperazine rings is 1. The number of aliphatic hydroxyl groups is 1. The van der Waals surface area contributed by atoms with Gasteiger partial charge < -0.3 is 30.1 Å². The molecule has 0 aromatic carbocycles. The fraction of sp³-hybridized carbons (Fsp3) is 0.727. The zero-order valence-corrected chi connectivity index (χ0v) is 11.2. The Kier molecular flexibility index (Phi) is 6.04. The van der Waals surface area contributed by atoms with E-state index >= 15 is 0 Å². The van der Waals surface area contributed by atoms with E-state index in [0.29, 0.717) is 32.8 Å². The number of nitrogens with zero attached hydrogens (tertiary/aromatic N) is 2. The summed E-state index contributed by atoms with van der Waals surface area (Å²) in [7, 11) is 0. The second-order valence-corrected chi connectivity index (χ2v) is 4.21. The average Bonchev–Trinajstić information content (AvgIpc) is 2.44. The van der Waals surface area contributed by atoms with Crippen LogP contribution in [-0.4, -0.2) is 83.5 Å². The molecule has 0 saturated carbocycles. The van der Waals surface area contributed by atoms with E-state index in [-0.39, 0.29) is 6.54 Å². The highest BCUT2D eigenvalue weighted by Gasteiger charge is 2.25. The second-order valence-electron chi connectivity index (χ2n) is 4.21. The van der Waals surface area contributed by atoms with E-state index in [1.165, 1.54) is 9.80 Å². The van der Waals surface area contributed by atoms with Crippen molar-refractivity contribution in [2.24, 2.45) is 0 Å². The maximum Gasteiger partial charge on any atom is 0.409 e. The average molecular weight is 289 g/mol. The third-order valence-corrected chi connectivity index (χ3v) is 2.82. The number of urea groups is 1. The van der Waals surface area contributed by atoms with Crippen LogP contribution in [0.4, 0.5) is 9.59 Å². The zero-order chi connectivity index (χ0) is 15.1. The van der Waals surface area contributed by atoms with Crippen LogP contribution in [0.15, 0.2) is 0 Å². The summed E-state index contributed by atoms with van der Waals surface area (Å²) < 4.78 is 4.85. The zero-order valence-electron chi connectivity index (χ0n) is 11.2. The van der Waals surface area contributed by atoms with Crippen molar-refractivity contribution in [1.29, 1.82) is 0 Å². The molecule has 20 heavy (non-hydrogen) atoms. The number of rotatable bonds is 4. The van der Waals surface area contributed by atoms with E-state index in [4.69, 9.17) is 14.9 Å². The summed E-state index contributed by atoms with van der Waals surface area (Å²) in [6.45, 7) is 3.03. The number of carbonyl (C=O) groups excluding carboxylic acids is 2. The van der Waals surface area contributed by atoms with Gasteiger partial charge in [0.1, 0.15) is 0 Å². The number of hydrogen-bond donors (Lipinski definition) is 3. The first kappa shape index (κ1) is 16.0. The number of ether oxygens (including phenoxy) is 1. The molecule has 0 radical (unpaired) electrons. The van der Waals surface area contributed by atoms with Crippen LogP contribution in [0, 0.1) is 0 Å². The highest BCUT2D eigenvalue weighted by Crippen LogP contribution is 2.04. The minimum atomic E-state index is -1.63. The maximum absolute atomic E-state index is 11.7. The van der Waals surface area contributed by atoms with E-state index in [1.54, 1.807) is 6.92 Å². The van der Waals surface area contributed by atoms with Crippen molar-refractivity contribution in [2.75, 3.05) is 39.3 Å². The van der Waals surface area contributed by atoms with E-state index in [1.807, 2.05) is 0 Å². The molecule has 3 N–H and O–H groups in total. The van der Waals surface area contributed by atoms with Crippen molar-refractivity contribution >= 4 is 18.1 Å². The van der Waals surface area contributed by atoms with Gasteiger partial charge >= 0.3 is 18.1 Å². The molecule has 1 fully saturated rings. The smallest absolute Gasteiger partial charge is 0.409 e. The fourth-order valence-electron chi connectivity index (χ4n) is 1.69. The van der Waals surface area contributed by atoms with E-state index in [0.717, 1.165) is 0 Å². The Balaban J connectivity index is 2.32. The van der Waals surface area contributed by atoms with Crippen LogP contribution < -0.4 is 5.32 Å². The molecule has 1 aliphatic rings. The molecule has 0 bridgehead atoms. The van der Waals surface area contributed by atoms with Crippen LogP contribution in [0.1, 0.15) is 6.92 Å². The Labute approximate surface area is 116 Å². The number of carboxylic acids is 1. The molecule has 1 heterocycles. The molecule has 1 aliphatic heterocycles. The Hall–Kier alpha value is -2.03. The summed E-state index contributed by atoms with van der Waals surface area (Å²) in [5, 5.41) is 19.8. The number of hydrogen-bond acceptors (Lipinski definition) is 5. The summed E-state index contributed by atoms with van der Waals surface area (Å²) in [5.74, 6) is -1.39. The first-order chi connectivity index (χ1) is 9.45. The van der Waals surface area contributed by atoms with Gasteiger partial charge in [-0.15, -0.1) is 0 Å². The number of nitrogens with one attached hydrogen (secondary N) is 1. The van der Waals surface area contributed by atoms with Crippen molar-refractivity contribution in [2.45, 2.75) is 13.0 Å². The first-order valence-corrected chi connectivity index (χ1v) is 6.31. The van der Waals surface area contributed by atoms with Gasteiger partial charge in [0.15, 0.2) is 6.10 Å². The molecule has 0 spiro atoms. The third-order valence-electron chi connectivity index (χ3n) is 2.82. The predicted octanol–water partition coefficient (Wildman–Crippen LogP) is -1.08. The van der Waals surface area contributed by atoms with Crippen molar-refractivity contribution in [1.82, 2.24) is 15.1 Å². The lowest BCUT2D eigenvalue weighted by Crippen LogP contribution is -2.54. The number of amides is 3. The van der Waals surface area contributed by atoms with Crippen LogP contribution in [0.25, 0.3) is 0 Å². The topological polar surface area (TPSA) is 119 Å². The molecule has 0 aliphatic carbocycles. The normalized spacial score (nSPS) is 16.5. The van der Waals surface area contributed by atoms with Crippen LogP contribution in [0.2, 0.25) is 0 Å². The van der Waals surface area contributed by atoms with Gasteiger partial charge in [-0.25, -0.2) is 14.4 Å². The van der Waals surface area contributed by atoms with E-state index in [9.17, 15) is 14.4 Å². The lowest BCUT2D eigenvalue weighted by atomic mass is 10.3. The van der Waals surface area contributed by atoms with Crippen molar-refractivity contribution in [3.8, 4) is 0 Å². The van der Waals surface area contributed by atoms with Crippen molar-refractivity contribution in [3.05, 3.63) is 0 Å². The summed E-state index contributed by atoms with van der Waals surface area (Å²) in [4.78, 5) is 36.5. The van der Waals surface area contributed by atoms with Crippen LogP contribution in [0.5, 0.6) is 0 Å². The number of aliphatic carboxylic acids is 1. The van der Waals surface area contributed by atoms with Gasteiger partial charge in [0, 0.05) is 26.2 Å². The summed E-state index contributed by atoms with van der Waals surface area (Å²) in [6, 6.07) is -0.464. The molecule has 9 heteroatoms. The number of carbonyl (C=O) groups is 3. The standard InChI is InChI=1S/C11H19N3O6/c1-2-20-11(19)14-5-3-13(4-6-14)10(18)12-7-8(15)9(16)17/h8,15H,2-7H2,1H3,(H,12,18)(H,16,17). The monoisotopic (exact) mass is 289 g/mol. The highest BCUT2D eigenvalue weighted by atomic mass is 16.6. The molecule has 114 valence electrons. The minimum Gasteiger partial charge on any atom is -0.479 e. The van der Waals surface area contributed by atoms with Gasteiger partial charge in [-0.1, -0.05) is 0 Å². The van der Waals surface area contributed by atoms with Gasteiger partial charge in [-0.3, -0.25) is 0 Å². The Morgan fingerprint density at radius 2 is 1.75 bits per heavy atom. The molecule has 9 nitrogen and oxygen atoms in total. The quantitative estimate of drug-likeness (QED) is 0.605. The molecular formula is C11H19N3O6. The summed E-state index contributed by atoms with van der Waals surface area (Å²) >= 11 is 0. The summed E-state index contributed by atoms with van der Waals surface area (Å²) in [5.41, 5.74) is 0. The fourth-order valence-corrected chi connectivity index (χ4v) is 1.69. The highest BCUT2D eigenvalue weighted by molar-refractivity contribution is 5.77. The van der Waals surface area contributed by atoms with Crippen LogP contribution in [-0.2, 0) is 9.53 Å². The molecular weight excluding hydrogens is 270 g/mol. The lowest BCUT2D eigenvalue weighted by molar-refractivity contribution is -0.146. The lowest BCUT2D eigenvalue weighted by Gasteiger charge is -2.34. The summed E-state index contributed by atoms with van der Waals surface area (Å²) in [6.07, 6.45) is -2.03. The van der Waals surface area contributed by atoms with E-state index in [2.05, 4.69) is 5.32 Å². The van der Waals surface area contributed by atoms with Crippen molar-refractivity contribution < 1.29 is 29.3 Å². The number of aliphatic hydroxyl groups excluding tert-OH is 1. The van der Waals surface area contributed by atoms with Gasteiger partial charge in [-0.05, 0) is 6.92 Å². The van der Waals surface area contributed by atoms with Crippen LogP contribution >= 0.6 is 0 Å². The van der Waals surface area contributed by atoms with Crippen LogP contribution in [0.3, 0.4) is 0 Å². The third kappa shape index (κ3) is 4.57. The molecule has 1 unspecified atom stereocenters. The Bertz CT molecular complexity index is 367. The largest absolute Gasteiger partial charge is 0.479 e. The Morgan fingerprint density at radius 3 is 2.25 bits per heavy atom. The maximum atomic E-state index is 11.7. The molecule has 3 amide bonds. The van der Waals surface area contributed by atoms with Gasteiger partial charge in [-0.2, -0.15) is 0 Å². The van der Waals surface area contributed by atoms with Gasteiger partial charge in [0.2, 0.25) is 0 Å². The number of carboxylic acid groups (broad SMARTS) is 1. The molecule has 1 atom stereocenters. The SMILES string of the molecule is CCOC(=O)N1CCN(C(=O)NCC(O)C(=O)O)CC1. The Morgan fingerprint density at radius 1 is 1.20 bits per heavy atom. The first-order valence-electron chi connectivity index (χ1n) is 6.31. The minimum absolute atomic E-state index is 0.298. The molecule has 1 rings (SSSR count). The molecule has 0 aromatic rings.